The maximum atomic E-state index is 11.8. The lowest BCUT2D eigenvalue weighted by molar-refractivity contribution is -0.128. The van der Waals surface area contributed by atoms with Crippen molar-refractivity contribution in [3.05, 3.63) is 0 Å². The molecule has 2 amide bonds. The van der Waals surface area contributed by atoms with E-state index in [-0.39, 0.29) is 17.7 Å². The number of hydrogen-bond acceptors (Lipinski definition) is 2. The van der Waals surface area contributed by atoms with Crippen LogP contribution >= 0.6 is 0 Å². The number of nitrogens with zero attached hydrogens (tertiary/aromatic N) is 1. The highest BCUT2D eigenvalue weighted by Crippen LogP contribution is 2.28. The van der Waals surface area contributed by atoms with E-state index in [2.05, 4.69) is 5.32 Å². The first-order valence-electron chi connectivity index (χ1n) is 7.18. The molecular weight excluding hydrogens is 228 g/mol. The molecule has 1 saturated carbocycles. The second kappa shape index (κ2) is 6.21. The molecule has 0 aromatic rings. The van der Waals surface area contributed by atoms with Crippen LogP contribution in [0.2, 0.25) is 0 Å². The molecule has 1 heterocycles. The monoisotopic (exact) mass is 252 g/mol. The van der Waals surface area contributed by atoms with Gasteiger partial charge in [-0.2, -0.15) is 0 Å². The lowest BCUT2D eigenvalue weighted by Crippen LogP contribution is -2.32. The molecule has 1 aliphatic carbocycles. The van der Waals surface area contributed by atoms with E-state index >= 15 is 0 Å². The molecule has 1 aliphatic heterocycles. The molecule has 0 bridgehead atoms. The zero-order valence-electron chi connectivity index (χ0n) is 11.3. The number of likely N-dealkylation sites (tertiary alicyclic amines) is 1. The van der Waals surface area contributed by atoms with Gasteiger partial charge in [0.15, 0.2) is 0 Å². The third-order valence-corrected chi connectivity index (χ3v) is 4.27. The third-order valence-electron chi connectivity index (χ3n) is 4.27. The summed E-state index contributed by atoms with van der Waals surface area (Å²) in [6.07, 6.45) is 8.20. The lowest BCUT2D eigenvalue weighted by atomic mass is 10.0. The van der Waals surface area contributed by atoms with Gasteiger partial charge in [0.2, 0.25) is 11.8 Å². The quantitative estimate of drug-likeness (QED) is 0.755. The third kappa shape index (κ3) is 3.47. The lowest BCUT2D eigenvalue weighted by Gasteiger charge is -2.12. The summed E-state index contributed by atoms with van der Waals surface area (Å²) in [7, 11) is 1.76. The van der Waals surface area contributed by atoms with E-state index < -0.39 is 0 Å². The molecule has 0 radical (unpaired) electrons. The molecule has 4 heteroatoms. The summed E-state index contributed by atoms with van der Waals surface area (Å²) in [5.41, 5.74) is 0. The summed E-state index contributed by atoms with van der Waals surface area (Å²) in [6, 6.07) is 0. The highest BCUT2D eigenvalue weighted by molar-refractivity contribution is 5.89. The normalized spacial score (nSPS) is 24.8. The second-order valence-corrected chi connectivity index (χ2v) is 5.76. The van der Waals surface area contributed by atoms with Crippen LogP contribution in [0.5, 0.6) is 0 Å². The number of carbonyl (C=O) groups excluding carboxylic acids is 2. The van der Waals surface area contributed by atoms with Crippen molar-refractivity contribution in [3.8, 4) is 0 Å². The van der Waals surface area contributed by atoms with Crippen molar-refractivity contribution in [2.45, 2.75) is 44.9 Å². The minimum Gasteiger partial charge on any atom is -0.356 e. The Kier molecular flexibility index (Phi) is 4.61. The minimum atomic E-state index is -0.131. The highest BCUT2D eigenvalue weighted by Gasteiger charge is 2.31. The topological polar surface area (TPSA) is 49.4 Å². The Morgan fingerprint density at radius 2 is 2.11 bits per heavy atom. The molecule has 1 saturated heterocycles. The van der Waals surface area contributed by atoms with Gasteiger partial charge in [0, 0.05) is 26.6 Å². The fourth-order valence-corrected chi connectivity index (χ4v) is 3.08. The fourth-order valence-electron chi connectivity index (χ4n) is 3.08. The Labute approximate surface area is 109 Å². The van der Waals surface area contributed by atoms with Crippen LogP contribution < -0.4 is 5.32 Å². The second-order valence-electron chi connectivity index (χ2n) is 5.76. The van der Waals surface area contributed by atoms with Crippen LogP contribution in [-0.2, 0) is 9.59 Å². The first kappa shape index (κ1) is 13.4. The van der Waals surface area contributed by atoms with Gasteiger partial charge in [-0.05, 0) is 18.8 Å². The smallest absolute Gasteiger partial charge is 0.225 e. The molecule has 2 fully saturated rings. The largest absolute Gasteiger partial charge is 0.356 e. The van der Waals surface area contributed by atoms with Crippen LogP contribution in [0.15, 0.2) is 0 Å². The van der Waals surface area contributed by atoms with Gasteiger partial charge < -0.3 is 10.2 Å². The molecule has 0 aromatic heterocycles. The Hall–Kier alpha value is -1.06. The van der Waals surface area contributed by atoms with E-state index in [4.69, 9.17) is 0 Å². The van der Waals surface area contributed by atoms with Gasteiger partial charge in [0.05, 0.1) is 5.92 Å². The fraction of sp³-hybridized carbons (Fsp3) is 0.857. The van der Waals surface area contributed by atoms with Crippen molar-refractivity contribution in [2.75, 3.05) is 20.1 Å². The molecular formula is C14H24N2O2. The number of rotatable bonds is 5. The molecule has 1 atom stereocenters. The molecule has 2 aliphatic rings. The van der Waals surface area contributed by atoms with E-state index in [9.17, 15) is 9.59 Å². The zero-order chi connectivity index (χ0) is 13.0. The van der Waals surface area contributed by atoms with Crippen LogP contribution in [-0.4, -0.2) is 36.9 Å². The molecule has 18 heavy (non-hydrogen) atoms. The van der Waals surface area contributed by atoms with E-state index in [1.807, 2.05) is 0 Å². The van der Waals surface area contributed by atoms with Crippen molar-refractivity contribution >= 4 is 11.8 Å². The van der Waals surface area contributed by atoms with E-state index in [0.29, 0.717) is 13.0 Å². The van der Waals surface area contributed by atoms with Gasteiger partial charge in [-0.25, -0.2) is 0 Å². The van der Waals surface area contributed by atoms with Gasteiger partial charge in [-0.3, -0.25) is 9.59 Å². The summed E-state index contributed by atoms with van der Waals surface area (Å²) >= 11 is 0. The molecule has 0 unspecified atom stereocenters. The van der Waals surface area contributed by atoms with Crippen molar-refractivity contribution in [1.82, 2.24) is 10.2 Å². The number of hydrogen-bond donors (Lipinski definition) is 1. The Morgan fingerprint density at radius 1 is 1.39 bits per heavy atom. The predicted molar refractivity (Wildman–Crippen MR) is 69.9 cm³/mol. The Balaban J connectivity index is 1.58. The maximum absolute atomic E-state index is 11.8. The minimum absolute atomic E-state index is 0.0547. The average Bonchev–Trinajstić information content (AvgIpc) is 2.96. The van der Waals surface area contributed by atoms with E-state index in [1.54, 1.807) is 11.9 Å². The predicted octanol–water partition coefficient (Wildman–Crippen LogP) is 1.55. The van der Waals surface area contributed by atoms with Gasteiger partial charge in [0.1, 0.15) is 0 Å². The van der Waals surface area contributed by atoms with Gasteiger partial charge >= 0.3 is 0 Å². The van der Waals surface area contributed by atoms with Crippen molar-refractivity contribution in [3.63, 3.8) is 0 Å². The van der Waals surface area contributed by atoms with Gasteiger partial charge in [0.25, 0.3) is 0 Å². The zero-order valence-corrected chi connectivity index (χ0v) is 11.3. The standard InChI is InChI=1S/C14H24N2O2/c1-16-10-12(9-13(16)17)14(18)15-8-4-7-11-5-2-3-6-11/h11-12H,2-10H2,1H3,(H,15,18)/t12-/m1/s1. The van der Waals surface area contributed by atoms with E-state index in [1.165, 1.54) is 32.1 Å². The van der Waals surface area contributed by atoms with E-state index in [0.717, 1.165) is 18.9 Å². The summed E-state index contributed by atoms with van der Waals surface area (Å²) in [6.45, 7) is 1.34. The first-order chi connectivity index (χ1) is 8.66. The van der Waals surface area contributed by atoms with Crippen LogP contribution in [0.4, 0.5) is 0 Å². The van der Waals surface area contributed by atoms with Crippen LogP contribution in [0.1, 0.15) is 44.9 Å². The molecule has 4 nitrogen and oxygen atoms in total. The van der Waals surface area contributed by atoms with Crippen LogP contribution in [0.25, 0.3) is 0 Å². The number of carbonyl (C=O) groups is 2. The molecule has 2 rings (SSSR count). The first-order valence-corrected chi connectivity index (χ1v) is 7.18. The number of amides is 2. The Bertz CT molecular complexity index is 311. The van der Waals surface area contributed by atoms with Gasteiger partial charge in [-0.15, -0.1) is 0 Å². The average molecular weight is 252 g/mol. The molecule has 0 spiro atoms. The summed E-state index contributed by atoms with van der Waals surface area (Å²) in [5.74, 6) is 0.898. The Morgan fingerprint density at radius 3 is 2.72 bits per heavy atom. The molecule has 102 valence electrons. The van der Waals surface area contributed by atoms with Crippen molar-refractivity contribution < 1.29 is 9.59 Å². The summed E-state index contributed by atoms with van der Waals surface area (Å²) in [5, 5.41) is 2.97. The van der Waals surface area contributed by atoms with Crippen molar-refractivity contribution in [2.24, 2.45) is 11.8 Å². The summed E-state index contributed by atoms with van der Waals surface area (Å²) < 4.78 is 0. The molecule has 1 N–H and O–H groups in total. The van der Waals surface area contributed by atoms with Crippen LogP contribution in [0, 0.1) is 11.8 Å². The van der Waals surface area contributed by atoms with Crippen molar-refractivity contribution in [1.29, 1.82) is 0 Å². The number of nitrogens with one attached hydrogen (secondary N) is 1. The van der Waals surface area contributed by atoms with Gasteiger partial charge in [-0.1, -0.05) is 25.7 Å². The maximum Gasteiger partial charge on any atom is 0.225 e. The molecule has 0 aromatic carbocycles. The SMILES string of the molecule is CN1C[C@H](C(=O)NCCCC2CCCC2)CC1=O. The summed E-state index contributed by atoms with van der Waals surface area (Å²) in [4.78, 5) is 24.8. The highest BCUT2D eigenvalue weighted by atomic mass is 16.2. The van der Waals surface area contributed by atoms with Crippen LogP contribution in [0.3, 0.4) is 0 Å².